The number of carbonyl (C=O) groups excluding carboxylic acids is 1. The molecule has 0 unspecified atom stereocenters. The van der Waals surface area contributed by atoms with Crippen LogP contribution in [0.15, 0.2) is 12.4 Å². The summed E-state index contributed by atoms with van der Waals surface area (Å²) in [4.78, 5) is 11.1. The molecule has 0 radical (unpaired) electrons. The second kappa shape index (κ2) is 5.50. The van der Waals surface area contributed by atoms with Crippen LogP contribution in [0.4, 0.5) is 0 Å². The van der Waals surface area contributed by atoms with Gasteiger partial charge in [-0.1, -0.05) is 0 Å². The molecule has 1 aromatic rings. The van der Waals surface area contributed by atoms with E-state index in [-0.39, 0.29) is 12.0 Å². The van der Waals surface area contributed by atoms with E-state index < -0.39 is 0 Å². The van der Waals surface area contributed by atoms with E-state index in [0.29, 0.717) is 19.6 Å². The maximum atomic E-state index is 11.1. The summed E-state index contributed by atoms with van der Waals surface area (Å²) >= 11 is 0. The van der Waals surface area contributed by atoms with E-state index in [4.69, 9.17) is 10.5 Å². The minimum Gasteiger partial charge on any atom is -0.466 e. The molecule has 0 aliphatic carbocycles. The Morgan fingerprint density at radius 2 is 2.47 bits per heavy atom. The minimum atomic E-state index is -0.199. The van der Waals surface area contributed by atoms with E-state index in [1.807, 2.05) is 13.1 Å². The molecule has 0 fully saturated rings. The summed E-state index contributed by atoms with van der Waals surface area (Å²) in [6.45, 7) is 4.64. The van der Waals surface area contributed by atoms with E-state index in [2.05, 4.69) is 5.10 Å². The third kappa shape index (κ3) is 3.71. The topological polar surface area (TPSA) is 70.1 Å². The molecule has 2 N–H and O–H groups in total. The molecular formula is C10H17N3O2. The highest BCUT2D eigenvalue weighted by Crippen LogP contribution is 2.07. The highest BCUT2D eigenvalue weighted by Gasteiger charge is 2.05. The van der Waals surface area contributed by atoms with Crippen LogP contribution in [0.5, 0.6) is 0 Å². The van der Waals surface area contributed by atoms with E-state index in [1.54, 1.807) is 17.8 Å². The van der Waals surface area contributed by atoms with Crippen LogP contribution in [-0.4, -0.2) is 22.4 Å². The van der Waals surface area contributed by atoms with E-state index in [9.17, 15) is 4.79 Å². The smallest absolute Gasteiger partial charge is 0.307 e. The van der Waals surface area contributed by atoms with Crippen molar-refractivity contribution in [1.29, 1.82) is 0 Å². The number of aryl methyl sites for hydroxylation is 1. The van der Waals surface area contributed by atoms with Gasteiger partial charge in [-0.25, -0.2) is 0 Å². The summed E-state index contributed by atoms with van der Waals surface area (Å²) in [7, 11) is 0. The second-order valence-corrected chi connectivity index (χ2v) is 3.38. The lowest BCUT2D eigenvalue weighted by atomic mass is 10.2. The van der Waals surface area contributed by atoms with E-state index in [0.717, 1.165) is 5.56 Å². The third-order valence-electron chi connectivity index (χ3n) is 2.03. The average Bonchev–Trinajstić information content (AvgIpc) is 2.63. The van der Waals surface area contributed by atoms with Crippen molar-refractivity contribution in [3.05, 3.63) is 18.0 Å². The number of nitrogens with two attached hydrogens (primary N) is 1. The van der Waals surface area contributed by atoms with Crippen molar-refractivity contribution in [2.75, 3.05) is 6.61 Å². The van der Waals surface area contributed by atoms with Crippen LogP contribution in [0.2, 0.25) is 0 Å². The van der Waals surface area contributed by atoms with Crippen LogP contribution >= 0.6 is 0 Å². The zero-order valence-electron chi connectivity index (χ0n) is 9.14. The number of rotatable bonds is 5. The molecule has 0 saturated heterocycles. The normalized spacial score (nSPS) is 12.5. The van der Waals surface area contributed by atoms with Crippen molar-refractivity contribution in [1.82, 2.24) is 9.78 Å². The second-order valence-electron chi connectivity index (χ2n) is 3.38. The third-order valence-corrected chi connectivity index (χ3v) is 2.03. The Kier molecular flexibility index (Phi) is 4.30. The molecule has 0 saturated carbocycles. The number of hydrogen-bond donors (Lipinski definition) is 1. The minimum absolute atomic E-state index is 0.0265. The number of hydrogen-bond acceptors (Lipinski definition) is 4. The standard InChI is InChI=1S/C10H17N3O2/c1-3-15-10(14)4-5-13-7-9(6-12-13)8(2)11/h6-8H,3-5,11H2,1-2H3/t8-/m0/s1. The Hall–Kier alpha value is -1.36. The molecule has 0 spiro atoms. The molecule has 1 atom stereocenters. The Morgan fingerprint density at radius 1 is 1.73 bits per heavy atom. The molecule has 0 aliphatic heterocycles. The molecule has 1 rings (SSSR count). The molecule has 5 nitrogen and oxygen atoms in total. The largest absolute Gasteiger partial charge is 0.466 e. The van der Waals surface area contributed by atoms with Gasteiger partial charge in [0.15, 0.2) is 0 Å². The van der Waals surface area contributed by atoms with Crippen molar-refractivity contribution in [2.24, 2.45) is 5.73 Å². The van der Waals surface area contributed by atoms with Crippen molar-refractivity contribution in [3.8, 4) is 0 Å². The first kappa shape index (κ1) is 11.7. The van der Waals surface area contributed by atoms with Crippen LogP contribution < -0.4 is 5.73 Å². The maximum absolute atomic E-state index is 11.1. The highest BCUT2D eigenvalue weighted by atomic mass is 16.5. The van der Waals surface area contributed by atoms with Gasteiger partial charge in [-0.2, -0.15) is 5.10 Å². The van der Waals surface area contributed by atoms with Gasteiger partial charge < -0.3 is 10.5 Å². The van der Waals surface area contributed by atoms with Crippen molar-refractivity contribution < 1.29 is 9.53 Å². The Labute approximate surface area is 89.2 Å². The molecule has 0 aromatic carbocycles. The maximum Gasteiger partial charge on any atom is 0.307 e. The fraction of sp³-hybridized carbons (Fsp3) is 0.600. The van der Waals surface area contributed by atoms with E-state index in [1.165, 1.54) is 0 Å². The first-order chi connectivity index (χ1) is 7.13. The highest BCUT2D eigenvalue weighted by molar-refractivity contribution is 5.69. The van der Waals surface area contributed by atoms with Crippen LogP contribution in [0.1, 0.15) is 31.9 Å². The number of esters is 1. The first-order valence-electron chi connectivity index (χ1n) is 5.07. The number of ether oxygens (including phenoxy) is 1. The summed E-state index contributed by atoms with van der Waals surface area (Å²) in [5, 5.41) is 4.10. The quantitative estimate of drug-likeness (QED) is 0.733. The molecule has 1 aromatic heterocycles. The lowest BCUT2D eigenvalue weighted by Crippen LogP contribution is -2.09. The number of nitrogens with zero attached hydrogens (tertiary/aromatic N) is 2. The molecule has 0 amide bonds. The summed E-state index contributed by atoms with van der Waals surface area (Å²) in [6, 6.07) is -0.0265. The van der Waals surface area contributed by atoms with Gasteiger partial charge >= 0.3 is 5.97 Å². The van der Waals surface area contributed by atoms with Crippen LogP contribution in [0.25, 0.3) is 0 Å². The SMILES string of the molecule is CCOC(=O)CCn1cc([C@H](C)N)cn1. The van der Waals surface area contributed by atoms with Gasteiger partial charge in [-0.3, -0.25) is 9.48 Å². The fourth-order valence-electron chi connectivity index (χ4n) is 1.18. The Bertz CT molecular complexity index is 320. The van der Waals surface area contributed by atoms with Gasteiger partial charge in [0.2, 0.25) is 0 Å². The lowest BCUT2D eigenvalue weighted by molar-refractivity contribution is -0.143. The Balaban J connectivity index is 2.41. The lowest BCUT2D eigenvalue weighted by Gasteiger charge is -2.02. The molecule has 15 heavy (non-hydrogen) atoms. The Morgan fingerprint density at radius 3 is 3.00 bits per heavy atom. The zero-order chi connectivity index (χ0) is 11.3. The van der Waals surface area contributed by atoms with Gasteiger partial charge in [0.05, 0.1) is 25.8 Å². The first-order valence-corrected chi connectivity index (χ1v) is 5.07. The van der Waals surface area contributed by atoms with Gasteiger partial charge in [0.1, 0.15) is 0 Å². The summed E-state index contributed by atoms with van der Waals surface area (Å²) in [5.41, 5.74) is 6.66. The predicted molar refractivity (Wildman–Crippen MR) is 56.1 cm³/mol. The van der Waals surface area contributed by atoms with Crippen LogP contribution in [0, 0.1) is 0 Å². The summed E-state index contributed by atoms with van der Waals surface area (Å²) in [6.07, 6.45) is 3.91. The zero-order valence-corrected chi connectivity index (χ0v) is 9.14. The van der Waals surface area contributed by atoms with Crippen LogP contribution in [0.3, 0.4) is 0 Å². The number of aromatic nitrogens is 2. The van der Waals surface area contributed by atoms with E-state index >= 15 is 0 Å². The van der Waals surface area contributed by atoms with Crippen LogP contribution in [-0.2, 0) is 16.1 Å². The number of carbonyl (C=O) groups is 1. The molecule has 0 aliphatic rings. The van der Waals surface area contributed by atoms with Gasteiger partial charge in [0.25, 0.3) is 0 Å². The van der Waals surface area contributed by atoms with Crippen molar-refractivity contribution in [2.45, 2.75) is 32.9 Å². The molecule has 1 heterocycles. The van der Waals surface area contributed by atoms with Crippen molar-refractivity contribution in [3.63, 3.8) is 0 Å². The molecular weight excluding hydrogens is 194 g/mol. The molecule has 84 valence electrons. The van der Waals surface area contributed by atoms with Gasteiger partial charge in [-0.05, 0) is 13.8 Å². The van der Waals surface area contributed by atoms with Gasteiger partial charge in [-0.15, -0.1) is 0 Å². The summed E-state index contributed by atoms with van der Waals surface area (Å²) < 4.78 is 6.52. The average molecular weight is 211 g/mol. The van der Waals surface area contributed by atoms with Gasteiger partial charge in [0, 0.05) is 17.8 Å². The fourth-order valence-corrected chi connectivity index (χ4v) is 1.18. The van der Waals surface area contributed by atoms with Crippen molar-refractivity contribution >= 4 is 5.97 Å². The predicted octanol–water partition coefficient (Wildman–Crippen LogP) is 0.856. The molecule has 0 bridgehead atoms. The summed E-state index contributed by atoms with van der Waals surface area (Å²) in [5.74, 6) is -0.199. The molecule has 5 heteroatoms. The monoisotopic (exact) mass is 211 g/mol.